The smallest absolute Gasteiger partial charge is 0.262 e. The van der Waals surface area contributed by atoms with E-state index in [0.717, 1.165) is 16.5 Å². The Hall–Kier alpha value is -2.45. The summed E-state index contributed by atoms with van der Waals surface area (Å²) >= 11 is 4.89. The number of hydrogen-bond donors (Lipinski definition) is 0. The molecule has 2 aromatic heterocycles. The second kappa shape index (κ2) is 9.14. The van der Waals surface area contributed by atoms with Crippen molar-refractivity contribution in [2.45, 2.75) is 37.7 Å². The van der Waals surface area contributed by atoms with Gasteiger partial charge in [0.1, 0.15) is 0 Å². The predicted octanol–water partition coefficient (Wildman–Crippen LogP) is 5.55. The van der Waals surface area contributed by atoms with Gasteiger partial charge in [0.05, 0.1) is 16.7 Å². The Morgan fingerprint density at radius 1 is 1.13 bits per heavy atom. The zero-order valence-electron chi connectivity index (χ0n) is 16.7. The molecule has 0 saturated carbocycles. The van der Waals surface area contributed by atoms with Crippen LogP contribution in [0.1, 0.15) is 26.2 Å². The summed E-state index contributed by atoms with van der Waals surface area (Å²) in [7, 11) is 0. The molecule has 0 aliphatic heterocycles. The number of rotatable bonds is 7. The highest BCUT2D eigenvalue weighted by atomic mass is 79.9. The second-order valence-corrected chi connectivity index (χ2v) is 9.22. The van der Waals surface area contributed by atoms with Crippen LogP contribution in [0.3, 0.4) is 0 Å². The lowest BCUT2D eigenvalue weighted by Crippen LogP contribution is -2.24. The minimum Gasteiger partial charge on any atom is -0.338 e. The van der Waals surface area contributed by atoms with Crippen LogP contribution >= 0.6 is 27.7 Å². The van der Waals surface area contributed by atoms with Gasteiger partial charge in [-0.25, -0.2) is 4.98 Å². The Bertz CT molecular complexity index is 1240. The molecule has 0 amide bonds. The summed E-state index contributed by atoms with van der Waals surface area (Å²) < 4.78 is 8.14. The van der Waals surface area contributed by atoms with Crippen LogP contribution in [0.15, 0.2) is 67.5 Å². The molecule has 6 nitrogen and oxygen atoms in total. The fourth-order valence-corrected chi connectivity index (χ4v) is 4.29. The number of aromatic nitrogens is 4. The van der Waals surface area contributed by atoms with E-state index in [1.54, 1.807) is 4.57 Å². The lowest BCUT2D eigenvalue weighted by atomic mass is 10.1. The van der Waals surface area contributed by atoms with Gasteiger partial charge in [0, 0.05) is 16.6 Å². The summed E-state index contributed by atoms with van der Waals surface area (Å²) in [5.41, 5.74) is 1.57. The molecule has 0 aliphatic carbocycles. The van der Waals surface area contributed by atoms with Gasteiger partial charge in [-0.2, -0.15) is 4.98 Å². The van der Waals surface area contributed by atoms with Gasteiger partial charge in [0.2, 0.25) is 11.7 Å². The van der Waals surface area contributed by atoms with Crippen LogP contribution in [0, 0.1) is 5.92 Å². The molecule has 0 atom stereocenters. The third kappa shape index (κ3) is 4.65. The molecule has 8 heteroatoms. The molecule has 154 valence electrons. The van der Waals surface area contributed by atoms with E-state index in [9.17, 15) is 4.79 Å². The van der Waals surface area contributed by atoms with E-state index < -0.39 is 0 Å². The van der Waals surface area contributed by atoms with Crippen LogP contribution in [0.5, 0.6) is 0 Å². The summed E-state index contributed by atoms with van der Waals surface area (Å²) in [4.78, 5) is 22.3. The fraction of sp³-hybridized carbons (Fsp3) is 0.273. The maximum Gasteiger partial charge on any atom is 0.262 e. The van der Waals surface area contributed by atoms with Crippen molar-refractivity contribution < 1.29 is 4.52 Å². The molecule has 4 aromatic rings. The van der Waals surface area contributed by atoms with Crippen LogP contribution < -0.4 is 5.56 Å². The van der Waals surface area contributed by atoms with E-state index >= 15 is 0 Å². The van der Waals surface area contributed by atoms with Crippen molar-refractivity contribution in [2.24, 2.45) is 5.92 Å². The van der Waals surface area contributed by atoms with Crippen molar-refractivity contribution in [2.75, 3.05) is 0 Å². The minimum atomic E-state index is -0.0101. The van der Waals surface area contributed by atoms with Gasteiger partial charge in [-0.3, -0.25) is 9.36 Å². The molecule has 0 spiro atoms. The predicted molar refractivity (Wildman–Crippen MR) is 122 cm³/mol. The average Bonchev–Trinajstić information content (AvgIpc) is 3.21. The van der Waals surface area contributed by atoms with Gasteiger partial charge in [-0.15, -0.1) is 0 Å². The monoisotopic (exact) mass is 484 g/mol. The SMILES string of the molecule is CC(C)CCn1c(SCc2nc(-c3cccc(Br)c3)no2)nc2ccccc2c1=O. The van der Waals surface area contributed by atoms with Crippen molar-refractivity contribution in [3.63, 3.8) is 0 Å². The average molecular weight is 485 g/mol. The molecule has 0 bridgehead atoms. The normalized spacial score (nSPS) is 11.5. The van der Waals surface area contributed by atoms with Crippen molar-refractivity contribution in [1.82, 2.24) is 19.7 Å². The van der Waals surface area contributed by atoms with Gasteiger partial charge in [-0.05, 0) is 36.6 Å². The minimum absolute atomic E-state index is 0.0101. The zero-order valence-corrected chi connectivity index (χ0v) is 19.1. The largest absolute Gasteiger partial charge is 0.338 e. The molecular weight excluding hydrogens is 464 g/mol. The van der Waals surface area contributed by atoms with Gasteiger partial charge in [0.25, 0.3) is 5.56 Å². The standard InChI is InChI=1S/C22H21BrN4O2S/c1-14(2)10-11-27-21(28)17-8-3-4-9-18(17)24-22(27)30-13-19-25-20(26-29-19)15-6-5-7-16(23)12-15/h3-9,12,14H,10-11,13H2,1-2H3. The summed E-state index contributed by atoms with van der Waals surface area (Å²) in [5.74, 6) is 1.96. The van der Waals surface area contributed by atoms with E-state index in [4.69, 9.17) is 9.51 Å². The number of thioether (sulfide) groups is 1. The highest BCUT2D eigenvalue weighted by molar-refractivity contribution is 9.10. The molecule has 0 unspecified atom stereocenters. The molecular formula is C22H21BrN4O2S. The quantitative estimate of drug-likeness (QED) is 0.253. The molecule has 30 heavy (non-hydrogen) atoms. The van der Waals surface area contributed by atoms with Crippen molar-refractivity contribution in [3.8, 4) is 11.4 Å². The number of fused-ring (bicyclic) bond motifs is 1. The number of benzene rings is 2. The molecule has 0 aliphatic rings. The lowest BCUT2D eigenvalue weighted by molar-refractivity contribution is 0.391. The van der Waals surface area contributed by atoms with Gasteiger partial charge in [0.15, 0.2) is 5.16 Å². The Kier molecular flexibility index (Phi) is 6.34. The molecule has 0 saturated heterocycles. The number of para-hydroxylation sites is 1. The Morgan fingerprint density at radius 3 is 2.77 bits per heavy atom. The van der Waals surface area contributed by atoms with Gasteiger partial charge in [-0.1, -0.05) is 71.0 Å². The first-order valence-electron chi connectivity index (χ1n) is 9.72. The van der Waals surface area contributed by atoms with Gasteiger partial charge >= 0.3 is 0 Å². The summed E-state index contributed by atoms with van der Waals surface area (Å²) in [6, 6.07) is 15.2. The highest BCUT2D eigenvalue weighted by Gasteiger charge is 2.15. The fourth-order valence-electron chi connectivity index (χ4n) is 3.03. The zero-order chi connectivity index (χ0) is 21.1. The molecule has 0 fully saturated rings. The van der Waals surface area contributed by atoms with Crippen molar-refractivity contribution in [1.29, 1.82) is 0 Å². The van der Waals surface area contributed by atoms with Crippen LogP contribution in [0.4, 0.5) is 0 Å². The van der Waals surface area contributed by atoms with Crippen molar-refractivity contribution >= 4 is 38.6 Å². The summed E-state index contributed by atoms with van der Waals surface area (Å²) in [5, 5.41) is 5.39. The first-order valence-corrected chi connectivity index (χ1v) is 11.5. The van der Waals surface area contributed by atoms with E-state index in [1.165, 1.54) is 11.8 Å². The van der Waals surface area contributed by atoms with E-state index in [-0.39, 0.29) is 5.56 Å². The molecule has 0 radical (unpaired) electrons. The Labute approximate surface area is 186 Å². The molecule has 2 heterocycles. The van der Waals surface area contributed by atoms with E-state index in [2.05, 4.69) is 39.9 Å². The Morgan fingerprint density at radius 2 is 1.97 bits per heavy atom. The third-order valence-corrected chi connectivity index (χ3v) is 6.09. The molecule has 2 aromatic carbocycles. The lowest BCUT2D eigenvalue weighted by Gasteiger charge is -2.13. The number of halogens is 1. The first-order chi connectivity index (χ1) is 14.5. The van der Waals surface area contributed by atoms with Gasteiger partial charge < -0.3 is 4.52 Å². The van der Waals surface area contributed by atoms with E-state index in [1.807, 2.05) is 48.5 Å². The summed E-state index contributed by atoms with van der Waals surface area (Å²) in [6.45, 7) is 4.92. The van der Waals surface area contributed by atoms with E-state index in [0.29, 0.717) is 46.0 Å². The van der Waals surface area contributed by atoms with Crippen LogP contribution in [0.2, 0.25) is 0 Å². The molecule has 4 rings (SSSR count). The second-order valence-electron chi connectivity index (χ2n) is 7.36. The van der Waals surface area contributed by atoms with Crippen LogP contribution in [-0.4, -0.2) is 19.7 Å². The first kappa shape index (κ1) is 20.8. The van der Waals surface area contributed by atoms with Crippen molar-refractivity contribution in [3.05, 3.63) is 69.2 Å². The van der Waals surface area contributed by atoms with Crippen LogP contribution in [-0.2, 0) is 12.3 Å². The summed E-state index contributed by atoms with van der Waals surface area (Å²) in [6.07, 6.45) is 0.904. The maximum atomic E-state index is 13.0. The topological polar surface area (TPSA) is 73.8 Å². The third-order valence-electron chi connectivity index (χ3n) is 4.63. The van der Waals surface area contributed by atoms with Crippen LogP contribution in [0.25, 0.3) is 22.3 Å². The molecule has 0 N–H and O–H groups in total. The number of nitrogens with zero attached hydrogens (tertiary/aromatic N) is 4. The Balaban J connectivity index is 1.60. The maximum absolute atomic E-state index is 13.0. The highest BCUT2D eigenvalue weighted by Crippen LogP contribution is 2.25. The number of hydrogen-bond acceptors (Lipinski definition) is 6.